The van der Waals surface area contributed by atoms with E-state index in [9.17, 15) is 4.79 Å². The van der Waals surface area contributed by atoms with Gasteiger partial charge in [0.05, 0.1) is 0 Å². The second kappa shape index (κ2) is 9.35. The van der Waals surface area contributed by atoms with Gasteiger partial charge in [0.25, 0.3) is 5.91 Å². The lowest BCUT2D eigenvalue weighted by Crippen LogP contribution is -2.41. The van der Waals surface area contributed by atoms with Gasteiger partial charge in [0, 0.05) is 55.0 Å². The summed E-state index contributed by atoms with van der Waals surface area (Å²) in [4.78, 5) is 17.8. The minimum absolute atomic E-state index is 0.139. The van der Waals surface area contributed by atoms with Gasteiger partial charge < -0.3 is 4.90 Å². The van der Waals surface area contributed by atoms with Gasteiger partial charge in [-0.25, -0.2) is 0 Å². The zero-order chi connectivity index (χ0) is 20.2. The Labute approximate surface area is 178 Å². The van der Waals surface area contributed by atoms with Crippen LogP contribution in [0.3, 0.4) is 0 Å². The lowest BCUT2D eigenvalue weighted by molar-refractivity contribution is 0.0763. The predicted molar refractivity (Wildman–Crippen MR) is 119 cm³/mol. The number of nitrogens with zero attached hydrogens (tertiary/aromatic N) is 4. The lowest BCUT2D eigenvalue weighted by atomic mass is 9.89. The van der Waals surface area contributed by atoms with Crippen LogP contribution in [-0.2, 0) is 25.9 Å². The highest BCUT2D eigenvalue weighted by Gasteiger charge is 2.33. The number of benzene rings is 1. The van der Waals surface area contributed by atoms with Gasteiger partial charge in [-0.05, 0) is 38.3 Å². The first-order chi connectivity index (χ1) is 14.2. The van der Waals surface area contributed by atoms with Crippen molar-refractivity contribution in [1.29, 1.82) is 0 Å². The highest BCUT2D eigenvalue weighted by molar-refractivity contribution is 7.99. The molecule has 1 aromatic heterocycles. The Bertz CT molecular complexity index is 829. The third-order valence-corrected chi connectivity index (χ3v) is 7.21. The van der Waals surface area contributed by atoms with Gasteiger partial charge in [-0.2, -0.15) is 16.9 Å². The smallest absolute Gasteiger partial charge is 0.274 e. The number of aromatic nitrogens is 2. The van der Waals surface area contributed by atoms with E-state index in [0.717, 1.165) is 63.5 Å². The van der Waals surface area contributed by atoms with Gasteiger partial charge in [-0.1, -0.05) is 37.3 Å². The molecular formula is C23H32N4OS. The molecule has 0 bridgehead atoms. The van der Waals surface area contributed by atoms with Gasteiger partial charge in [-0.3, -0.25) is 14.4 Å². The van der Waals surface area contributed by atoms with Gasteiger partial charge in [-0.15, -0.1) is 0 Å². The molecule has 1 saturated heterocycles. The van der Waals surface area contributed by atoms with Crippen molar-refractivity contribution >= 4 is 17.7 Å². The predicted octanol–water partition coefficient (Wildman–Crippen LogP) is 3.47. The summed E-state index contributed by atoms with van der Waals surface area (Å²) in [6, 6.07) is 11.2. The summed E-state index contributed by atoms with van der Waals surface area (Å²) in [6.45, 7) is 8.86. The third kappa shape index (κ3) is 4.38. The second-order valence-corrected chi connectivity index (χ2v) is 9.16. The van der Waals surface area contributed by atoms with Crippen molar-refractivity contribution in [3.63, 3.8) is 0 Å². The van der Waals surface area contributed by atoms with Crippen LogP contribution in [0.2, 0.25) is 0 Å². The standard InChI is InChI=1S/C23H32N4OS/c1-3-25(17-18-8-6-5-7-9-18)19-10-11-21-20(16-19)22(24-27(21)4-2)23(28)26-12-14-29-15-13-26/h5-9,19H,3-4,10-17H2,1-2H3. The Hall–Kier alpha value is -1.79. The SMILES string of the molecule is CCN(Cc1ccccc1)C1CCc2c(c(C(=O)N3CCSCC3)nn2CC)C1. The molecule has 2 heterocycles. The first kappa shape index (κ1) is 20.5. The lowest BCUT2D eigenvalue weighted by Gasteiger charge is -2.34. The number of carbonyl (C=O) groups is 1. The summed E-state index contributed by atoms with van der Waals surface area (Å²) >= 11 is 1.93. The molecule has 6 heteroatoms. The molecule has 0 radical (unpaired) electrons. The topological polar surface area (TPSA) is 41.4 Å². The van der Waals surface area contributed by atoms with Crippen molar-refractivity contribution in [1.82, 2.24) is 19.6 Å². The molecule has 5 nitrogen and oxygen atoms in total. The Kier molecular flexibility index (Phi) is 6.60. The molecule has 1 aromatic carbocycles. The summed E-state index contributed by atoms with van der Waals surface area (Å²) in [7, 11) is 0. The van der Waals surface area contributed by atoms with Gasteiger partial charge in [0.1, 0.15) is 0 Å². The van der Waals surface area contributed by atoms with Crippen molar-refractivity contribution in [3.05, 3.63) is 52.8 Å². The molecule has 1 atom stereocenters. The van der Waals surface area contributed by atoms with Gasteiger partial charge >= 0.3 is 0 Å². The normalized spacial score (nSPS) is 19.4. The number of amides is 1. The number of likely N-dealkylation sites (N-methyl/N-ethyl adjacent to an activating group) is 1. The maximum Gasteiger partial charge on any atom is 0.274 e. The van der Waals surface area contributed by atoms with E-state index in [-0.39, 0.29) is 5.91 Å². The molecule has 0 saturated carbocycles. The van der Waals surface area contributed by atoms with Crippen molar-refractivity contribution < 1.29 is 4.79 Å². The van der Waals surface area contributed by atoms with E-state index in [1.807, 2.05) is 16.7 Å². The van der Waals surface area contributed by atoms with E-state index in [2.05, 4.69) is 53.8 Å². The molecular weight excluding hydrogens is 380 g/mol. The number of hydrogen-bond acceptors (Lipinski definition) is 4. The Morgan fingerprint density at radius 3 is 2.66 bits per heavy atom. The number of hydrogen-bond donors (Lipinski definition) is 0. The van der Waals surface area contributed by atoms with E-state index in [4.69, 9.17) is 5.10 Å². The fraction of sp³-hybridized carbons (Fsp3) is 0.565. The zero-order valence-electron chi connectivity index (χ0n) is 17.6. The molecule has 29 heavy (non-hydrogen) atoms. The number of carbonyl (C=O) groups excluding carboxylic acids is 1. The molecule has 1 amide bonds. The van der Waals surface area contributed by atoms with Crippen molar-refractivity contribution in [2.45, 2.75) is 52.2 Å². The maximum absolute atomic E-state index is 13.3. The second-order valence-electron chi connectivity index (χ2n) is 7.94. The summed E-state index contributed by atoms with van der Waals surface area (Å²) in [5, 5.41) is 4.79. The van der Waals surface area contributed by atoms with Gasteiger partial charge in [0.2, 0.25) is 0 Å². The van der Waals surface area contributed by atoms with Gasteiger partial charge in [0.15, 0.2) is 5.69 Å². The highest BCUT2D eigenvalue weighted by Crippen LogP contribution is 2.29. The van der Waals surface area contributed by atoms with Crippen LogP contribution >= 0.6 is 11.8 Å². The summed E-state index contributed by atoms with van der Waals surface area (Å²) in [6.07, 6.45) is 3.07. The molecule has 1 unspecified atom stereocenters. The average Bonchev–Trinajstić information content (AvgIpc) is 3.16. The summed E-state index contributed by atoms with van der Waals surface area (Å²) < 4.78 is 2.07. The van der Waals surface area contributed by atoms with Crippen LogP contribution in [0.1, 0.15) is 47.6 Å². The third-order valence-electron chi connectivity index (χ3n) is 6.27. The minimum Gasteiger partial charge on any atom is -0.336 e. The van der Waals surface area contributed by atoms with Crippen LogP contribution in [-0.4, -0.2) is 62.7 Å². The molecule has 4 rings (SSSR count). The molecule has 0 spiro atoms. The van der Waals surface area contributed by atoms with Crippen LogP contribution in [0, 0.1) is 0 Å². The van der Waals surface area contributed by atoms with Crippen molar-refractivity contribution in [3.8, 4) is 0 Å². The first-order valence-corrected chi connectivity index (χ1v) is 12.1. The molecule has 156 valence electrons. The van der Waals surface area contributed by atoms with Crippen molar-refractivity contribution in [2.24, 2.45) is 0 Å². The van der Waals surface area contributed by atoms with Crippen LogP contribution in [0.4, 0.5) is 0 Å². The van der Waals surface area contributed by atoms with Crippen LogP contribution in [0.5, 0.6) is 0 Å². The van der Waals surface area contributed by atoms with Crippen LogP contribution in [0.25, 0.3) is 0 Å². The number of rotatable bonds is 6. The first-order valence-electron chi connectivity index (χ1n) is 10.9. The zero-order valence-corrected chi connectivity index (χ0v) is 18.5. The molecule has 2 aromatic rings. The van der Waals surface area contributed by atoms with E-state index >= 15 is 0 Å². The monoisotopic (exact) mass is 412 g/mol. The number of thioether (sulfide) groups is 1. The molecule has 1 fully saturated rings. The molecule has 1 aliphatic heterocycles. The molecule has 2 aliphatic rings. The van der Waals surface area contributed by atoms with E-state index < -0.39 is 0 Å². The molecule has 0 N–H and O–H groups in total. The summed E-state index contributed by atoms with van der Waals surface area (Å²) in [5.74, 6) is 2.21. The Balaban J connectivity index is 1.57. The molecule has 1 aliphatic carbocycles. The Morgan fingerprint density at radius 1 is 1.21 bits per heavy atom. The maximum atomic E-state index is 13.3. The van der Waals surface area contributed by atoms with E-state index in [0.29, 0.717) is 11.7 Å². The number of aryl methyl sites for hydroxylation is 1. The number of fused-ring (bicyclic) bond motifs is 1. The van der Waals surface area contributed by atoms with Crippen LogP contribution in [0.15, 0.2) is 30.3 Å². The fourth-order valence-electron chi connectivity index (χ4n) is 4.65. The minimum atomic E-state index is 0.139. The largest absolute Gasteiger partial charge is 0.336 e. The van der Waals surface area contributed by atoms with E-state index in [1.165, 1.54) is 16.8 Å². The van der Waals surface area contributed by atoms with E-state index in [1.54, 1.807) is 0 Å². The highest BCUT2D eigenvalue weighted by atomic mass is 32.2. The summed E-state index contributed by atoms with van der Waals surface area (Å²) in [5.41, 5.74) is 4.56. The Morgan fingerprint density at radius 2 is 1.97 bits per heavy atom. The quantitative estimate of drug-likeness (QED) is 0.729. The van der Waals surface area contributed by atoms with Crippen LogP contribution < -0.4 is 0 Å². The average molecular weight is 413 g/mol. The van der Waals surface area contributed by atoms with Crippen molar-refractivity contribution in [2.75, 3.05) is 31.1 Å². The fourth-order valence-corrected chi connectivity index (χ4v) is 5.55.